The zero-order valence-corrected chi connectivity index (χ0v) is 14.4. The molecule has 0 saturated heterocycles. The van der Waals surface area contributed by atoms with Gasteiger partial charge in [-0.15, -0.1) is 0 Å². The molecule has 3 rings (SSSR count). The molecular weight excluding hydrogens is 355 g/mol. The molecule has 0 spiro atoms. The van der Waals surface area contributed by atoms with Crippen LogP contribution in [0.25, 0.3) is 11.3 Å². The third kappa shape index (κ3) is 4.69. The molecule has 0 aliphatic carbocycles. The van der Waals surface area contributed by atoms with Gasteiger partial charge in [0.05, 0.1) is 23.1 Å². The Morgan fingerprint density at radius 1 is 1.04 bits per heavy atom. The average Bonchev–Trinajstić information content (AvgIpc) is 2.63. The number of nitrogens with zero attached hydrogens (tertiary/aromatic N) is 2. The summed E-state index contributed by atoms with van der Waals surface area (Å²) in [5, 5.41) is 2.64. The summed E-state index contributed by atoms with van der Waals surface area (Å²) < 4.78 is 38.2. The lowest BCUT2D eigenvalue weighted by molar-refractivity contribution is -0.137. The number of halogens is 3. The number of rotatable bonds is 4. The van der Waals surface area contributed by atoms with Gasteiger partial charge in [-0.05, 0) is 17.7 Å². The fraction of sp³-hybridized carbons (Fsp3) is 0.150. The third-order valence-corrected chi connectivity index (χ3v) is 3.86. The smallest absolute Gasteiger partial charge is 0.309 e. The molecule has 0 fully saturated rings. The predicted octanol–water partition coefficient (Wildman–Crippen LogP) is 4.71. The highest BCUT2D eigenvalue weighted by Gasteiger charge is 2.30. The summed E-state index contributed by atoms with van der Waals surface area (Å²) in [5.41, 5.74) is 1.73. The Hall–Kier alpha value is -3.22. The van der Waals surface area contributed by atoms with Crippen molar-refractivity contribution in [2.24, 2.45) is 0 Å². The number of benzene rings is 2. The SMILES string of the molecule is CC(=O)Nc1ncc(-c2ccc(C(F)(F)F)cc2)nc1Cc1ccccc1. The first-order valence-corrected chi connectivity index (χ1v) is 8.18. The molecule has 0 atom stereocenters. The van der Waals surface area contributed by atoms with Crippen molar-refractivity contribution < 1.29 is 18.0 Å². The van der Waals surface area contributed by atoms with Gasteiger partial charge >= 0.3 is 6.18 Å². The van der Waals surface area contributed by atoms with Crippen LogP contribution in [-0.4, -0.2) is 15.9 Å². The highest BCUT2D eigenvalue weighted by Crippen LogP contribution is 2.31. The Morgan fingerprint density at radius 3 is 2.30 bits per heavy atom. The van der Waals surface area contributed by atoms with E-state index in [0.717, 1.165) is 17.7 Å². The van der Waals surface area contributed by atoms with Crippen LogP contribution in [0.2, 0.25) is 0 Å². The van der Waals surface area contributed by atoms with Gasteiger partial charge in [0.25, 0.3) is 0 Å². The molecule has 1 aromatic heterocycles. The predicted molar refractivity (Wildman–Crippen MR) is 96.0 cm³/mol. The molecule has 0 aliphatic rings. The number of hydrogen-bond acceptors (Lipinski definition) is 3. The quantitative estimate of drug-likeness (QED) is 0.723. The fourth-order valence-electron chi connectivity index (χ4n) is 2.58. The van der Waals surface area contributed by atoms with Crippen molar-refractivity contribution in [3.05, 3.63) is 77.6 Å². The van der Waals surface area contributed by atoms with Crippen LogP contribution >= 0.6 is 0 Å². The maximum Gasteiger partial charge on any atom is 0.416 e. The van der Waals surface area contributed by atoms with Crippen LogP contribution in [0.3, 0.4) is 0 Å². The Labute approximate surface area is 154 Å². The zero-order chi connectivity index (χ0) is 19.4. The molecule has 4 nitrogen and oxygen atoms in total. The second kappa shape index (κ2) is 7.57. The molecule has 0 saturated carbocycles. The molecule has 0 bridgehead atoms. The van der Waals surface area contributed by atoms with E-state index in [4.69, 9.17) is 0 Å². The number of aromatic nitrogens is 2. The van der Waals surface area contributed by atoms with Gasteiger partial charge in [0.2, 0.25) is 5.91 Å². The first kappa shape index (κ1) is 18.6. The minimum absolute atomic E-state index is 0.277. The topological polar surface area (TPSA) is 54.9 Å². The van der Waals surface area contributed by atoms with Crippen LogP contribution in [0, 0.1) is 0 Å². The van der Waals surface area contributed by atoms with Crippen molar-refractivity contribution in [2.45, 2.75) is 19.5 Å². The molecule has 27 heavy (non-hydrogen) atoms. The third-order valence-electron chi connectivity index (χ3n) is 3.86. The molecular formula is C20H16F3N3O. The zero-order valence-electron chi connectivity index (χ0n) is 14.4. The van der Waals surface area contributed by atoms with Crippen LogP contribution in [-0.2, 0) is 17.4 Å². The summed E-state index contributed by atoms with van der Waals surface area (Å²) >= 11 is 0. The van der Waals surface area contributed by atoms with E-state index in [1.165, 1.54) is 25.3 Å². The monoisotopic (exact) mass is 371 g/mol. The fourth-order valence-corrected chi connectivity index (χ4v) is 2.58. The number of alkyl halides is 3. The summed E-state index contributed by atoms with van der Waals surface area (Å²) in [6.07, 6.45) is -2.53. The average molecular weight is 371 g/mol. The lowest BCUT2D eigenvalue weighted by Gasteiger charge is -2.11. The van der Waals surface area contributed by atoms with E-state index in [-0.39, 0.29) is 5.91 Å². The van der Waals surface area contributed by atoms with Crippen molar-refractivity contribution in [3.63, 3.8) is 0 Å². The van der Waals surface area contributed by atoms with Crippen LogP contribution in [0.1, 0.15) is 23.7 Å². The summed E-state index contributed by atoms with van der Waals surface area (Å²) in [7, 11) is 0. The first-order chi connectivity index (χ1) is 12.8. The number of amides is 1. The molecule has 1 N–H and O–H groups in total. The second-order valence-corrected chi connectivity index (χ2v) is 5.97. The van der Waals surface area contributed by atoms with Gasteiger partial charge in [0.15, 0.2) is 5.82 Å². The van der Waals surface area contributed by atoms with Gasteiger partial charge in [0, 0.05) is 18.9 Å². The minimum Gasteiger partial charge on any atom is -0.309 e. The van der Waals surface area contributed by atoms with Gasteiger partial charge < -0.3 is 5.32 Å². The van der Waals surface area contributed by atoms with Crippen molar-refractivity contribution >= 4 is 11.7 Å². The summed E-state index contributed by atoms with van der Waals surface area (Å²) in [6.45, 7) is 1.37. The van der Waals surface area contributed by atoms with E-state index in [9.17, 15) is 18.0 Å². The molecule has 1 heterocycles. The van der Waals surface area contributed by atoms with Gasteiger partial charge in [-0.25, -0.2) is 9.97 Å². The van der Waals surface area contributed by atoms with Gasteiger partial charge in [0.1, 0.15) is 0 Å². The maximum atomic E-state index is 12.7. The Balaban J connectivity index is 1.97. The maximum absolute atomic E-state index is 12.7. The minimum atomic E-state index is -4.39. The molecule has 0 unspecified atom stereocenters. The normalized spacial score (nSPS) is 11.3. The molecule has 7 heteroatoms. The van der Waals surface area contributed by atoms with Gasteiger partial charge in [-0.1, -0.05) is 42.5 Å². The molecule has 0 aliphatic heterocycles. The number of nitrogens with one attached hydrogen (secondary N) is 1. The molecule has 2 aromatic carbocycles. The molecule has 3 aromatic rings. The summed E-state index contributed by atoms with van der Waals surface area (Å²) in [5.74, 6) is 0.0582. The van der Waals surface area contributed by atoms with Crippen molar-refractivity contribution in [2.75, 3.05) is 5.32 Å². The van der Waals surface area contributed by atoms with Gasteiger partial charge in [-0.3, -0.25) is 4.79 Å². The van der Waals surface area contributed by atoms with E-state index in [0.29, 0.717) is 29.2 Å². The van der Waals surface area contributed by atoms with Crippen LogP contribution in [0.5, 0.6) is 0 Å². The lowest BCUT2D eigenvalue weighted by atomic mass is 10.1. The Morgan fingerprint density at radius 2 is 1.70 bits per heavy atom. The highest BCUT2D eigenvalue weighted by molar-refractivity contribution is 5.88. The van der Waals surface area contributed by atoms with E-state index in [2.05, 4.69) is 15.3 Å². The van der Waals surface area contributed by atoms with Crippen molar-refractivity contribution in [1.82, 2.24) is 9.97 Å². The van der Waals surface area contributed by atoms with E-state index < -0.39 is 11.7 Å². The second-order valence-electron chi connectivity index (χ2n) is 5.97. The van der Waals surface area contributed by atoms with Crippen molar-refractivity contribution in [3.8, 4) is 11.3 Å². The summed E-state index contributed by atoms with van der Waals surface area (Å²) in [6, 6.07) is 14.2. The molecule has 0 radical (unpaired) electrons. The number of carbonyl (C=O) groups excluding carboxylic acids is 1. The number of anilines is 1. The highest BCUT2D eigenvalue weighted by atomic mass is 19.4. The van der Waals surface area contributed by atoms with Crippen LogP contribution < -0.4 is 5.32 Å². The summed E-state index contributed by atoms with van der Waals surface area (Å²) in [4.78, 5) is 20.2. The van der Waals surface area contributed by atoms with E-state index in [1.807, 2.05) is 30.3 Å². The molecule has 1 amide bonds. The number of hydrogen-bond donors (Lipinski definition) is 1. The standard InChI is InChI=1S/C20H16F3N3O/c1-13(27)25-19-17(11-14-5-3-2-4-6-14)26-18(12-24-19)15-7-9-16(10-8-15)20(21,22)23/h2-10,12H,11H2,1H3,(H,24,25,27). The molecule has 138 valence electrons. The van der Waals surface area contributed by atoms with E-state index in [1.54, 1.807) is 0 Å². The lowest BCUT2D eigenvalue weighted by Crippen LogP contribution is -2.12. The van der Waals surface area contributed by atoms with Gasteiger partial charge in [-0.2, -0.15) is 13.2 Å². The van der Waals surface area contributed by atoms with Crippen LogP contribution in [0.15, 0.2) is 60.8 Å². The Kier molecular flexibility index (Phi) is 5.21. The Bertz CT molecular complexity index is 939. The first-order valence-electron chi connectivity index (χ1n) is 8.18. The van der Waals surface area contributed by atoms with Crippen molar-refractivity contribution in [1.29, 1.82) is 0 Å². The largest absolute Gasteiger partial charge is 0.416 e. The van der Waals surface area contributed by atoms with E-state index >= 15 is 0 Å². The number of carbonyl (C=O) groups is 1. The van der Waals surface area contributed by atoms with Crippen LogP contribution in [0.4, 0.5) is 19.0 Å².